The molecule has 2 aromatic rings. The largest absolute Gasteiger partial charge is 0.478 e. The Morgan fingerprint density at radius 2 is 2.46 bits per heavy atom. The second kappa shape index (κ2) is 3.02. The Kier molecular flexibility index (Phi) is 1.86. The molecule has 2 rings (SSSR count). The van der Waals surface area contributed by atoms with Gasteiger partial charge in [0, 0.05) is 11.6 Å². The first-order valence-corrected chi connectivity index (χ1v) is 4.52. The van der Waals surface area contributed by atoms with Crippen molar-refractivity contribution in [3.05, 3.63) is 28.7 Å². The summed E-state index contributed by atoms with van der Waals surface area (Å²) in [5, 5.41) is 10.6. The van der Waals surface area contributed by atoms with Crippen LogP contribution in [0.15, 0.2) is 23.2 Å². The van der Waals surface area contributed by atoms with Crippen molar-refractivity contribution in [2.75, 3.05) is 0 Å². The molecule has 0 aliphatic heterocycles. The third-order valence-electron chi connectivity index (χ3n) is 1.67. The highest BCUT2D eigenvalue weighted by atomic mass is 32.1. The number of nitrogens with one attached hydrogen (secondary N) is 1. The van der Waals surface area contributed by atoms with Crippen molar-refractivity contribution >= 4 is 17.3 Å². The Hall–Kier alpha value is -1.62. The van der Waals surface area contributed by atoms with Gasteiger partial charge in [-0.15, -0.1) is 11.3 Å². The number of aromatic amines is 1. The van der Waals surface area contributed by atoms with Gasteiger partial charge in [0.15, 0.2) is 0 Å². The van der Waals surface area contributed by atoms with E-state index in [2.05, 4.69) is 9.97 Å². The molecule has 0 fully saturated rings. The number of rotatable bonds is 2. The summed E-state index contributed by atoms with van der Waals surface area (Å²) in [6, 6.07) is 1.52. The first kappa shape index (κ1) is 8.00. The number of hydrogen-bond acceptors (Lipinski definition) is 3. The van der Waals surface area contributed by atoms with Crippen LogP contribution < -0.4 is 0 Å². The van der Waals surface area contributed by atoms with Crippen LogP contribution in [0.3, 0.4) is 0 Å². The summed E-state index contributed by atoms with van der Waals surface area (Å²) in [7, 11) is 0. The average molecular weight is 194 g/mol. The standard InChI is InChI=1S/C8H6N2O2S/c11-8(12)5-1-2-9-7(5)6-3-13-4-10-6/h1-4,9H,(H,11,12). The first-order chi connectivity index (χ1) is 6.29. The van der Waals surface area contributed by atoms with Gasteiger partial charge in [0.05, 0.1) is 22.5 Å². The number of nitrogens with zero attached hydrogens (tertiary/aromatic N) is 1. The van der Waals surface area contributed by atoms with Crippen LogP contribution in [0.1, 0.15) is 10.4 Å². The third-order valence-corrected chi connectivity index (χ3v) is 2.25. The molecule has 2 aromatic heterocycles. The fourth-order valence-corrected chi connectivity index (χ4v) is 1.64. The lowest BCUT2D eigenvalue weighted by Gasteiger charge is -1.94. The van der Waals surface area contributed by atoms with E-state index < -0.39 is 5.97 Å². The molecule has 2 heterocycles. The van der Waals surface area contributed by atoms with Gasteiger partial charge in [-0.25, -0.2) is 9.78 Å². The number of carboxylic acid groups (broad SMARTS) is 1. The zero-order chi connectivity index (χ0) is 9.26. The van der Waals surface area contributed by atoms with Gasteiger partial charge < -0.3 is 10.1 Å². The summed E-state index contributed by atoms with van der Waals surface area (Å²) in [4.78, 5) is 17.6. The highest BCUT2D eigenvalue weighted by Crippen LogP contribution is 2.21. The Labute approximate surface area is 77.9 Å². The van der Waals surface area contributed by atoms with Crippen LogP contribution in [0.4, 0.5) is 0 Å². The topological polar surface area (TPSA) is 66.0 Å². The van der Waals surface area contributed by atoms with Crippen LogP contribution in [0.25, 0.3) is 11.4 Å². The molecule has 0 spiro atoms. The van der Waals surface area contributed by atoms with E-state index in [4.69, 9.17) is 5.11 Å². The highest BCUT2D eigenvalue weighted by molar-refractivity contribution is 7.07. The summed E-state index contributed by atoms with van der Waals surface area (Å²) in [6.45, 7) is 0. The minimum absolute atomic E-state index is 0.255. The third kappa shape index (κ3) is 1.33. The van der Waals surface area contributed by atoms with Gasteiger partial charge in [-0.05, 0) is 6.07 Å². The van der Waals surface area contributed by atoms with E-state index in [-0.39, 0.29) is 5.56 Å². The van der Waals surface area contributed by atoms with E-state index in [0.717, 1.165) is 0 Å². The molecule has 0 aliphatic carbocycles. The van der Waals surface area contributed by atoms with Crippen LogP contribution in [0.2, 0.25) is 0 Å². The summed E-state index contributed by atoms with van der Waals surface area (Å²) < 4.78 is 0. The molecule has 66 valence electrons. The normalized spacial score (nSPS) is 10.2. The lowest BCUT2D eigenvalue weighted by atomic mass is 10.2. The number of carbonyl (C=O) groups is 1. The van der Waals surface area contributed by atoms with Crippen LogP contribution in [0, 0.1) is 0 Å². The monoisotopic (exact) mass is 194 g/mol. The molecule has 0 atom stereocenters. The minimum Gasteiger partial charge on any atom is -0.478 e. The minimum atomic E-state index is -0.941. The molecule has 4 nitrogen and oxygen atoms in total. The molecular formula is C8H6N2O2S. The zero-order valence-corrected chi connectivity index (χ0v) is 7.34. The Morgan fingerprint density at radius 1 is 1.62 bits per heavy atom. The van der Waals surface area contributed by atoms with Crippen molar-refractivity contribution in [3.63, 3.8) is 0 Å². The molecule has 5 heteroatoms. The number of H-pyrrole nitrogens is 1. The van der Waals surface area contributed by atoms with Crippen LogP contribution in [-0.2, 0) is 0 Å². The van der Waals surface area contributed by atoms with Crippen molar-refractivity contribution in [3.8, 4) is 11.4 Å². The molecule has 0 bridgehead atoms. The number of aromatic carboxylic acids is 1. The Balaban J connectivity index is 2.52. The maximum atomic E-state index is 10.7. The fourth-order valence-electron chi connectivity index (χ4n) is 1.10. The van der Waals surface area contributed by atoms with E-state index >= 15 is 0 Å². The zero-order valence-electron chi connectivity index (χ0n) is 6.52. The van der Waals surface area contributed by atoms with Crippen molar-refractivity contribution in [2.24, 2.45) is 0 Å². The van der Waals surface area contributed by atoms with E-state index in [1.165, 1.54) is 17.4 Å². The molecule has 0 saturated heterocycles. The summed E-state index contributed by atoms with van der Waals surface area (Å²) in [6.07, 6.45) is 1.60. The molecule has 0 aromatic carbocycles. The lowest BCUT2D eigenvalue weighted by Crippen LogP contribution is -1.96. The molecule has 13 heavy (non-hydrogen) atoms. The SMILES string of the molecule is O=C(O)c1cc[nH]c1-c1cscn1. The molecule has 0 unspecified atom stereocenters. The molecular weight excluding hydrogens is 188 g/mol. The number of aromatic nitrogens is 2. The van der Waals surface area contributed by atoms with Crippen LogP contribution in [0.5, 0.6) is 0 Å². The maximum absolute atomic E-state index is 10.7. The summed E-state index contributed by atoms with van der Waals surface area (Å²) in [5.74, 6) is -0.941. The Morgan fingerprint density at radius 3 is 3.08 bits per heavy atom. The lowest BCUT2D eigenvalue weighted by molar-refractivity contribution is 0.0698. The summed E-state index contributed by atoms with van der Waals surface area (Å²) in [5.41, 5.74) is 3.16. The first-order valence-electron chi connectivity index (χ1n) is 3.58. The number of hydrogen-bond donors (Lipinski definition) is 2. The summed E-state index contributed by atoms with van der Waals surface area (Å²) >= 11 is 1.43. The van der Waals surface area contributed by atoms with Crippen molar-refractivity contribution in [1.29, 1.82) is 0 Å². The highest BCUT2D eigenvalue weighted by Gasteiger charge is 2.13. The Bertz CT molecular complexity index is 419. The number of thiazole rings is 1. The molecule has 0 radical (unpaired) electrons. The predicted octanol–water partition coefficient (Wildman–Crippen LogP) is 1.84. The number of carboxylic acids is 1. The molecule has 0 saturated carbocycles. The maximum Gasteiger partial charge on any atom is 0.337 e. The van der Waals surface area contributed by atoms with Crippen molar-refractivity contribution in [2.45, 2.75) is 0 Å². The van der Waals surface area contributed by atoms with E-state index in [0.29, 0.717) is 11.4 Å². The molecule has 2 N–H and O–H groups in total. The molecule has 0 amide bonds. The van der Waals surface area contributed by atoms with Crippen LogP contribution in [-0.4, -0.2) is 21.0 Å². The smallest absolute Gasteiger partial charge is 0.337 e. The van der Waals surface area contributed by atoms with Crippen LogP contribution >= 0.6 is 11.3 Å². The van der Waals surface area contributed by atoms with Crippen molar-refractivity contribution < 1.29 is 9.90 Å². The van der Waals surface area contributed by atoms with Crippen molar-refractivity contribution in [1.82, 2.24) is 9.97 Å². The van der Waals surface area contributed by atoms with Gasteiger partial charge in [-0.3, -0.25) is 0 Å². The van der Waals surface area contributed by atoms with Gasteiger partial charge in [0.2, 0.25) is 0 Å². The van der Waals surface area contributed by atoms with Gasteiger partial charge in [-0.2, -0.15) is 0 Å². The average Bonchev–Trinajstić information content (AvgIpc) is 2.74. The van der Waals surface area contributed by atoms with Gasteiger partial charge in [0.1, 0.15) is 0 Å². The van der Waals surface area contributed by atoms with Gasteiger partial charge in [0.25, 0.3) is 0 Å². The van der Waals surface area contributed by atoms with E-state index in [1.54, 1.807) is 17.1 Å². The van der Waals surface area contributed by atoms with E-state index in [9.17, 15) is 4.79 Å². The fraction of sp³-hybridized carbons (Fsp3) is 0. The molecule has 0 aliphatic rings. The van der Waals surface area contributed by atoms with Gasteiger partial charge in [-0.1, -0.05) is 0 Å². The second-order valence-electron chi connectivity index (χ2n) is 2.45. The van der Waals surface area contributed by atoms with Gasteiger partial charge >= 0.3 is 5.97 Å². The quantitative estimate of drug-likeness (QED) is 0.766. The second-order valence-corrected chi connectivity index (χ2v) is 3.16. The predicted molar refractivity (Wildman–Crippen MR) is 48.9 cm³/mol. The van der Waals surface area contributed by atoms with E-state index in [1.807, 2.05) is 0 Å².